The normalized spacial score (nSPS) is 19.7. The van der Waals surface area contributed by atoms with Crippen LogP contribution in [0.3, 0.4) is 0 Å². The summed E-state index contributed by atoms with van der Waals surface area (Å²) in [5.41, 5.74) is 6.12. The molecular formula is C10H14ClN5O2. The van der Waals surface area contributed by atoms with Crippen molar-refractivity contribution in [2.75, 3.05) is 37.4 Å². The number of halogens is 1. The van der Waals surface area contributed by atoms with Gasteiger partial charge in [-0.3, -0.25) is 4.79 Å². The van der Waals surface area contributed by atoms with Crippen molar-refractivity contribution in [3.05, 3.63) is 11.5 Å². The second-order valence-electron chi connectivity index (χ2n) is 3.80. The Morgan fingerprint density at radius 1 is 1.67 bits per heavy atom. The average Bonchev–Trinajstić information content (AvgIpc) is 2.41. The van der Waals surface area contributed by atoms with Gasteiger partial charge in [-0.1, -0.05) is 11.6 Å². The highest BCUT2D eigenvalue weighted by atomic mass is 35.5. The van der Waals surface area contributed by atoms with Gasteiger partial charge in [-0.15, -0.1) is 0 Å². The van der Waals surface area contributed by atoms with Crippen molar-refractivity contribution in [1.82, 2.24) is 15.3 Å². The summed E-state index contributed by atoms with van der Waals surface area (Å²) < 4.78 is 5.31. The van der Waals surface area contributed by atoms with Crippen LogP contribution in [0, 0.1) is 0 Å². The van der Waals surface area contributed by atoms with Crippen molar-refractivity contribution in [3.8, 4) is 0 Å². The van der Waals surface area contributed by atoms with Crippen molar-refractivity contribution in [2.45, 2.75) is 6.04 Å². The third kappa shape index (κ3) is 2.32. The van der Waals surface area contributed by atoms with Crippen LogP contribution in [0.4, 0.5) is 11.5 Å². The number of carbonyl (C=O) groups is 1. The lowest BCUT2D eigenvalue weighted by atomic mass is 10.2. The number of aromatic nitrogens is 2. The van der Waals surface area contributed by atoms with E-state index in [1.54, 1.807) is 11.9 Å². The lowest BCUT2D eigenvalue weighted by molar-refractivity contribution is -0.124. The summed E-state index contributed by atoms with van der Waals surface area (Å²) in [6, 6.07) is -0.461. The molecule has 7 nitrogen and oxygen atoms in total. The highest BCUT2D eigenvalue weighted by molar-refractivity contribution is 6.32. The quantitative estimate of drug-likeness (QED) is 0.715. The van der Waals surface area contributed by atoms with Gasteiger partial charge < -0.3 is 20.7 Å². The van der Waals surface area contributed by atoms with Gasteiger partial charge in [0.05, 0.1) is 13.2 Å². The lowest BCUT2D eigenvalue weighted by Gasteiger charge is -2.35. The molecule has 2 rings (SSSR count). The van der Waals surface area contributed by atoms with Gasteiger partial charge in [0.25, 0.3) is 0 Å². The molecule has 1 aliphatic heterocycles. The number of anilines is 2. The summed E-state index contributed by atoms with van der Waals surface area (Å²) in [7, 11) is 1.57. The Bertz CT molecular complexity index is 456. The molecule has 1 unspecified atom stereocenters. The highest BCUT2D eigenvalue weighted by Crippen LogP contribution is 2.28. The molecule has 0 aliphatic carbocycles. The largest absolute Gasteiger partial charge is 0.393 e. The fourth-order valence-electron chi connectivity index (χ4n) is 1.84. The lowest BCUT2D eigenvalue weighted by Crippen LogP contribution is -2.53. The number of nitrogens with zero attached hydrogens (tertiary/aromatic N) is 3. The molecule has 1 amide bonds. The number of hydrogen-bond donors (Lipinski definition) is 2. The summed E-state index contributed by atoms with van der Waals surface area (Å²) >= 11 is 5.86. The molecule has 18 heavy (non-hydrogen) atoms. The summed E-state index contributed by atoms with van der Waals surface area (Å²) in [6.45, 7) is 1.32. The Balaban J connectivity index is 2.34. The molecule has 0 radical (unpaired) electrons. The third-order valence-corrected chi connectivity index (χ3v) is 3.07. The Kier molecular flexibility index (Phi) is 3.83. The number of carbonyl (C=O) groups excluding carboxylic acids is 1. The maximum Gasteiger partial charge on any atom is 0.244 e. The summed E-state index contributed by atoms with van der Waals surface area (Å²) in [6.07, 6.45) is 1.32. The van der Waals surface area contributed by atoms with E-state index in [2.05, 4.69) is 15.3 Å². The number of likely N-dealkylation sites (N-methyl/N-ethyl adjacent to an activating group) is 1. The van der Waals surface area contributed by atoms with Gasteiger partial charge in [-0.2, -0.15) is 0 Å². The first-order valence-electron chi connectivity index (χ1n) is 5.47. The minimum Gasteiger partial charge on any atom is -0.393 e. The van der Waals surface area contributed by atoms with E-state index in [0.717, 1.165) is 0 Å². The first kappa shape index (κ1) is 12.8. The van der Waals surface area contributed by atoms with E-state index in [-0.39, 0.29) is 16.7 Å². The second kappa shape index (κ2) is 5.36. The number of ether oxygens (including phenoxy) is 1. The van der Waals surface area contributed by atoms with Crippen molar-refractivity contribution in [3.63, 3.8) is 0 Å². The molecule has 0 bridgehead atoms. The van der Waals surface area contributed by atoms with Crippen LogP contribution in [0.25, 0.3) is 0 Å². The van der Waals surface area contributed by atoms with Crippen LogP contribution in [0.15, 0.2) is 6.33 Å². The Hall–Kier alpha value is -1.60. The fraction of sp³-hybridized carbons (Fsp3) is 0.500. The van der Waals surface area contributed by atoms with Crippen molar-refractivity contribution in [1.29, 1.82) is 0 Å². The topological polar surface area (TPSA) is 93.4 Å². The standard InChI is InChI=1S/C10H14ClN5O2/c1-13-10(17)6-4-18-3-2-16(6)9-7(12)8(11)14-5-15-9/h5-6H,2-4,12H2,1H3,(H,13,17). The molecule has 98 valence electrons. The van der Waals surface area contributed by atoms with E-state index < -0.39 is 6.04 Å². The fourth-order valence-corrected chi connectivity index (χ4v) is 1.96. The number of morpholine rings is 1. The molecule has 8 heteroatoms. The predicted octanol–water partition coefficient (Wildman–Crippen LogP) is -0.337. The molecule has 0 saturated carbocycles. The first-order chi connectivity index (χ1) is 8.65. The van der Waals surface area contributed by atoms with Crippen LogP contribution in [0.5, 0.6) is 0 Å². The Morgan fingerprint density at radius 2 is 2.44 bits per heavy atom. The molecule has 1 atom stereocenters. The highest BCUT2D eigenvalue weighted by Gasteiger charge is 2.31. The van der Waals surface area contributed by atoms with E-state index in [0.29, 0.717) is 25.6 Å². The monoisotopic (exact) mass is 271 g/mol. The molecule has 1 aromatic heterocycles. The van der Waals surface area contributed by atoms with Gasteiger partial charge in [0.1, 0.15) is 18.1 Å². The van der Waals surface area contributed by atoms with Crippen LogP contribution in [-0.2, 0) is 9.53 Å². The molecule has 1 aromatic rings. The number of nitrogens with one attached hydrogen (secondary N) is 1. The smallest absolute Gasteiger partial charge is 0.244 e. The van der Waals surface area contributed by atoms with Gasteiger partial charge in [0, 0.05) is 13.6 Å². The maximum absolute atomic E-state index is 11.8. The van der Waals surface area contributed by atoms with Gasteiger partial charge >= 0.3 is 0 Å². The van der Waals surface area contributed by atoms with Crippen molar-refractivity contribution < 1.29 is 9.53 Å². The minimum absolute atomic E-state index is 0.149. The minimum atomic E-state index is -0.461. The second-order valence-corrected chi connectivity index (χ2v) is 4.16. The van der Waals surface area contributed by atoms with E-state index >= 15 is 0 Å². The number of rotatable bonds is 2. The molecular weight excluding hydrogens is 258 g/mol. The van der Waals surface area contributed by atoms with E-state index in [9.17, 15) is 4.79 Å². The first-order valence-corrected chi connectivity index (χ1v) is 5.85. The number of nitrogens with two attached hydrogens (primary N) is 1. The van der Waals surface area contributed by atoms with E-state index in [4.69, 9.17) is 22.1 Å². The summed E-state index contributed by atoms with van der Waals surface area (Å²) in [4.78, 5) is 21.5. The Morgan fingerprint density at radius 3 is 3.17 bits per heavy atom. The van der Waals surface area contributed by atoms with Crippen LogP contribution in [0.1, 0.15) is 0 Å². The maximum atomic E-state index is 11.8. The van der Waals surface area contributed by atoms with E-state index in [1.807, 2.05) is 0 Å². The molecule has 0 aromatic carbocycles. The average molecular weight is 272 g/mol. The molecule has 1 saturated heterocycles. The Labute approximate surface area is 109 Å². The summed E-state index contributed by atoms with van der Waals surface area (Å²) in [5, 5.41) is 2.77. The zero-order valence-electron chi connectivity index (χ0n) is 9.89. The molecule has 0 spiro atoms. The predicted molar refractivity (Wildman–Crippen MR) is 67.5 cm³/mol. The van der Waals surface area contributed by atoms with E-state index in [1.165, 1.54) is 6.33 Å². The zero-order chi connectivity index (χ0) is 13.1. The van der Waals surface area contributed by atoms with Crippen LogP contribution >= 0.6 is 11.6 Å². The molecule has 1 fully saturated rings. The molecule has 1 aliphatic rings. The van der Waals surface area contributed by atoms with Gasteiger partial charge in [0.2, 0.25) is 5.91 Å². The number of nitrogen functional groups attached to an aromatic ring is 1. The van der Waals surface area contributed by atoms with Crippen LogP contribution in [-0.4, -0.2) is 48.7 Å². The molecule has 3 N–H and O–H groups in total. The third-order valence-electron chi connectivity index (χ3n) is 2.76. The van der Waals surface area contributed by atoms with Crippen molar-refractivity contribution >= 4 is 29.0 Å². The summed E-state index contributed by atoms with van der Waals surface area (Å²) in [5.74, 6) is 0.315. The van der Waals surface area contributed by atoms with Gasteiger partial charge in [-0.25, -0.2) is 9.97 Å². The zero-order valence-corrected chi connectivity index (χ0v) is 10.6. The molecule has 2 heterocycles. The van der Waals surface area contributed by atoms with Crippen molar-refractivity contribution in [2.24, 2.45) is 0 Å². The number of hydrogen-bond acceptors (Lipinski definition) is 6. The van der Waals surface area contributed by atoms with Gasteiger partial charge in [0.15, 0.2) is 11.0 Å². The van der Waals surface area contributed by atoms with Crippen LogP contribution < -0.4 is 16.0 Å². The SMILES string of the molecule is CNC(=O)C1COCCN1c1ncnc(Cl)c1N. The van der Waals surface area contributed by atoms with Crippen LogP contribution in [0.2, 0.25) is 5.15 Å². The number of amides is 1. The van der Waals surface area contributed by atoms with Gasteiger partial charge in [-0.05, 0) is 0 Å².